The van der Waals surface area contributed by atoms with Crippen molar-refractivity contribution >= 4 is 97.0 Å². The lowest BCUT2D eigenvalue weighted by Gasteiger charge is -2.19. The Morgan fingerprint density at radius 2 is 0.750 bits per heavy atom. The van der Waals surface area contributed by atoms with Crippen molar-refractivity contribution in [1.29, 1.82) is 10.5 Å². The first-order chi connectivity index (χ1) is 27.5. The molecule has 0 heterocycles. The Balaban J connectivity index is 1.41. The van der Waals surface area contributed by atoms with Crippen LogP contribution in [-0.2, 0) is 0 Å². The van der Waals surface area contributed by atoms with Crippen LogP contribution in [0.4, 0.5) is 0 Å². The molecule has 12 aromatic carbocycles. The number of rotatable bonds is 2. The van der Waals surface area contributed by atoms with Gasteiger partial charge in [-0.3, -0.25) is 0 Å². The maximum absolute atomic E-state index is 9.96. The van der Waals surface area contributed by atoms with E-state index in [2.05, 4.69) is 147 Å². The van der Waals surface area contributed by atoms with Crippen molar-refractivity contribution in [3.63, 3.8) is 0 Å². The van der Waals surface area contributed by atoms with Gasteiger partial charge in [0.15, 0.2) is 0 Å². The molecule has 0 unspecified atom stereocenters. The third-order valence-corrected chi connectivity index (χ3v) is 12.6. The minimum atomic E-state index is 0.656. The topological polar surface area (TPSA) is 47.6 Å². The Morgan fingerprint density at radius 3 is 1.29 bits per heavy atom. The van der Waals surface area contributed by atoms with E-state index in [0.717, 1.165) is 22.3 Å². The molecule has 56 heavy (non-hydrogen) atoms. The highest BCUT2D eigenvalue weighted by Gasteiger charge is 2.27. The summed E-state index contributed by atoms with van der Waals surface area (Å²) in [4.78, 5) is 0. The number of nitriles is 2. The lowest BCUT2D eigenvalue weighted by atomic mass is 9.83. The van der Waals surface area contributed by atoms with Crippen LogP contribution in [0.15, 0.2) is 146 Å². The zero-order valence-corrected chi connectivity index (χ0v) is 30.8. The fourth-order valence-electron chi connectivity index (χ4n) is 10.3. The molecule has 0 aliphatic heterocycles. The van der Waals surface area contributed by atoms with Crippen molar-refractivity contribution in [2.45, 2.75) is 13.8 Å². The highest BCUT2D eigenvalue weighted by molar-refractivity contribution is 6.44. The van der Waals surface area contributed by atoms with Crippen molar-refractivity contribution in [3.05, 3.63) is 168 Å². The largest absolute Gasteiger partial charge is 0.192 e. The highest BCUT2D eigenvalue weighted by atomic mass is 14.3. The van der Waals surface area contributed by atoms with Crippen molar-refractivity contribution in [2.24, 2.45) is 0 Å². The third-order valence-electron chi connectivity index (χ3n) is 12.6. The number of nitrogens with zero attached hydrogens (tertiary/aromatic N) is 2. The molecule has 0 amide bonds. The van der Waals surface area contributed by atoms with Gasteiger partial charge in [-0.2, -0.15) is 10.5 Å². The molecule has 0 radical (unpaired) electrons. The van der Waals surface area contributed by atoms with Gasteiger partial charge in [0.25, 0.3) is 0 Å². The number of fused-ring (bicyclic) bond motifs is 11. The summed E-state index contributed by atoms with van der Waals surface area (Å²) in [6.45, 7) is 4.28. The third kappa shape index (κ3) is 3.93. The van der Waals surface area contributed by atoms with Crippen LogP contribution >= 0.6 is 0 Å². The summed E-state index contributed by atoms with van der Waals surface area (Å²) >= 11 is 0. The minimum absolute atomic E-state index is 0.656. The van der Waals surface area contributed by atoms with Gasteiger partial charge in [0.1, 0.15) is 0 Å². The SMILES string of the molecule is Cc1cc(C#N)ccc1-c1c2cc3c(cc2c(-c2ccc(C#N)cc2C)c2c4cc5ccccc5c5cccc(c12)c54)c1cccc2c4ccccc4cc3c21. The van der Waals surface area contributed by atoms with Gasteiger partial charge in [-0.25, -0.2) is 0 Å². The van der Waals surface area contributed by atoms with Crippen molar-refractivity contribution in [2.75, 3.05) is 0 Å². The van der Waals surface area contributed by atoms with Gasteiger partial charge in [0.05, 0.1) is 23.3 Å². The van der Waals surface area contributed by atoms with Crippen molar-refractivity contribution < 1.29 is 0 Å². The molecule has 0 aromatic heterocycles. The van der Waals surface area contributed by atoms with E-state index in [1.807, 2.05) is 24.3 Å². The summed E-state index contributed by atoms with van der Waals surface area (Å²) in [5.74, 6) is 0. The monoisotopic (exact) mass is 706 g/mol. The van der Waals surface area contributed by atoms with Crippen LogP contribution in [0.5, 0.6) is 0 Å². The molecular formula is C54H30N2. The predicted octanol–water partition coefficient (Wildman–Crippen LogP) is 14.6. The van der Waals surface area contributed by atoms with E-state index in [0.29, 0.717) is 11.1 Å². The summed E-state index contributed by atoms with van der Waals surface area (Å²) in [5.41, 5.74) is 8.09. The summed E-state index contributed by atoms with van der Waals surface area (Å²) < 4.78 is 0. The Hall–Kier alpha value is -7.52. The van der Waals surface area contributed by atoms with Gasteiger partial charge >= 0.3 is 0 Å². The molecule has 0 N–H and O–H groups in total. The summed E-state index contributed by atoms with van der Waals surface area (Å²) in [5, 5.41) is 42.2. The van der Waals surface area contributed by atoms with Gasteiger partial charge in [-0.1, -0.05) is 97.1 Å². The van der Waals surface area contributed by atoms with Crippen molar-refractivity contribution in [3.8, 4) is 34.4 Å². The first-order valence-corrected chi connectivity index (χ1v) is 19.1. The fourth-order valence-corrected chi connectivity index (χ4v) is 10.3. The summed E-state index contributed by atoms with van der Waals surface area (Å²) in [6.07, 6.45) is 0. The maximum Gasteiger partial charge on any atom is 0.0991 e. The predicted molar refractivity (Wildman–Crippen MR) is 236 cm³/mol. The number of benzene rings is 10. The lowest BCUT2D eigenvalue weighted by molar-refractivity contribution is 1.42. The van der Waals surface area contributed by atoms with Crippen LogP contribution in [0, 0.1) is 36.5 Å². The zero-order chi connectivity index (χ0) is 37.4. The molecule has 0 saturated heterocycles. The van der Waals surface area contributed by atoms with E-state index in [-0.39, 0.29) is 0 Å². The second-order valence-electron chi connectivity index (χ2n) is 15.5. The van der Waals surface area contributed by atoms with Gasteiger partial charge in [0, 0.05) is 0 Å². The Bertz CT molecular complexity index is 3800. The standard InChI is InChI=1S/C54H30N2/c1-29-21-31(27-55)17-19-35(29)51-47-26-44-43(41-15-7-13-39-37-11-5-3-9-33(37)23-45(44)49(39)41)25-46(47)52(36-20-18-32(28-56)22-30(36)2)54-48-24-34-10-4-6-12-38(34)40-14-8-16-42(50(40)48)53(51)54/h3-26H,1-2H3. The molecule has 12 aromatic rings. The van der Waals surface area contributed by atoms with Crippen LogP contribution in [0.3, 0.4) is 0 Å². The first kappa shape index (κ1) is 30.9. The van der Waals surface area contributed by atoms with Crippen LogP contribution < -0.4 is 0 Å². The molecule has 256 valence electrons. The second kappa shape index (κ2) is 11.0. The molecule has 0 aliphatic carbocycles. The van der Waals surface area contributed by atoms with E-state index in [1.54, 1.807) is 0 Å². The highest BCUT2D eigenvalue weighted by Crippen LogP contribution is 2.55. The molecule has 0 bridgehead atoms. The Kier molecular flexibility index (Phi) is 6.08. The molecule has 0 saturated carbocycles. The average molecular weight is 707 g/mol. The maximum atomic E-state index is 9.96. The van der Waals surface area contributed by atoms with E-state index in [1.165, 1.54) is 108 Å². The number of aryl methyl sites for hydroxylation is 2. The molecule has 0 fully saturated rings. The Morgan fingerprint density at radius 1 is 0.321 bits per heavy atom. The summed E-state index contributed by atoms with van der Waals surface area (Å²) in [6, 6.07) is 57.7. The van der Waals surface area contributed by atoms with Gasteiger partial charge in [-0.15, -0.1) is 0 Å². The number of hydrogen-bond acceptors (Lipinski definition) is 2. The quantitative estimate of drug-likeness (QED) is 0.168. The molecule has 0 spiro atoms. The normalized spacial score (nSPS) is 12.1. The van der Waals surface area contributed by atoms with Crippen LogP contribution in [0.2, 0.25) is 0 Å². The molecule has 0 atom stereocenters. The number of hydrogen-bond donors (Lipinski definition) is 0. The molecule has 0 aliphatic rings. The van der Waals surface area contributed by atoms with Crippen LogP contribution in [0.1, 0.15) is 22.3 Å². The molecular weight excluding hydrogens is 677 g/mol. The molecule has 2 heteroatoms. The van der Waals surface area contributed by atoms with Gasteiger partial charge < -0.3 is 0 Å². The van der Waals surface area contributed by atoms with Crippen LogP contribution in [-0.4, -0.2) is 0 Å². The molecule has 2 nitrogen and oxygen atoms in total. The van der Waals surface area contributed by atoms with E-state index >= 15 is 0 Å². The van der Waals surface area contributed by atoms with E-state index in [4.69, 9.17) is 0 Å². The fraction of sp³-hybridized carbons (Fsp3) is 0.0370. The van der Waals surface area contributed by atoms with Crippen LogP contribution in [0.25, 0.3) is 119 Å². The second-order valence-corrected chi connectivity index (χ2v) is 15.5. The molecule has 12 rings (SSSR count). The first-order valence-electron chi connectivity index (χ1n) is 19.1. The lowest BCUT2D eigenvalue weighted by Crippen LogP contribution is -1.94. The van der Waals surface area contributed by atoms with E-state index in [9.17, 15) is 10.5 Å². The Labute approximate surface area is 322 Å². The zero-order valence-electron chi connectivity index (χ0n) is 30.8. The minimum Gasteiger partial charge on any atom is -0.192 e. The summed E-state index contributed by atoms with van der Waals surface area (Å²) in [7, 11) is 0. The van der Waals surface area contributed by atoms with Gasteiger partial charge in [0.2, 0.25) is 0 Å². The van der Waals surface area contributed by atoms with Gasteiger partial charge in [-0.05, 0) is 193 Å². The smallest absolute Gasteiger partial charge is 0.0991 e. The van der Waals surface area contributed by atoms with E-state index < -0.39 is 0 Å². The van der Waals surface area contributed by atoms with Crippen molar-refractivity contribution in [1.82, 2.24) is 0 Å². The average Bonchev–Trinajstić information content (AvgIpc) is 3.72.